The third kappa shape index (κ3) is 3.31. The molecule has 0 radical (unpaired) electrons. The Morgan fingerprint density at radius 3 is 2.47 bits per heavy atom. The predicted molar refractivity (Wildman–Crippen MR) is 67.3 cm³/mol. The first-order chi connectivity index (χ1) is 9.08. The molecule has 0 bridgehead atoms. The zero-order valence-electron chi connectivity index (χ0n) is 9.53. The molecular weight excluding hydrogens is 320 g/mol. The normalized spacial score (nSPS) is 10.3. The van der Waals surface area contributed by atoms with Gasteiger partial charge < -0.3 is 5.32 Å². The molecule has 0 unspecified atom stereocenters. The Kier molecular flexibility index (Phi) is 4.16. The fourth-order valence-electron chi connectivity index (χ4n) is 1.39. The van der Waals surface area contributed by atoms with Crippen LogP contribution in [-0.2, 0) is 6.54 Å². The molecule has 1 aromatic heterocycles. The lowest BCUT2D eigenvalue weighted by Crippen LogP contribution is -2.25. The van der Waals surface area contributed by atoms with E-state index < -0.39 is 17.5 Å². The van der Waals surface area contributed by atoms with Gasteiger partial charge in [0, 0.05) is 12.1 Å². The Bertz CT molecular complexity index is 584. The molecule has 1 heterocycles. The van der Waals surface area contributed by atoms with Gasteiger partial charge in [-0.1, -0.05) is 6.07 Å². The van der Waals surface area contributed by atoms with Crippen LogP contribution >= 0.6 is 15.9 Å². The van der Waals surface area contributed by atoms with Crippen molar-refractivity contribution >= 4 is 21.8 Å². The maximum atomic E-state index is 13.3. The third-order valence-electron chi connectivity index (χ3n) is 2.34. The van der Waals surface area contributed by atoms with Crippen molar-refractivity contribution in [1.29, 1.82) is 0 Å². The number of nitrogens with one attached hydrogen (secondary N) is 1. The second-order valence-corrected chi connectivity index (χ2v) is 4.42. The molecule has 98 valence electrons. The van der Waals surface area contributed by atoms with Crippen LogP contribution in [-0.4, -0.2) is 15.9 Å². The highest BCUT2D eigenvalue weighted by Gasteiger charge is 2.12. The number of carbonyl (C=O) groups is 1. The van der Waals surface area contributed by atoms with E-state index >= 15 is 0 Å². The van der Waals surface area contributed by atoms with Gasteiger partial charge in [-0.25, -0.2) is 18.7 Å². The Hall–Kier alpha value is -1.89. The first kappa shape index (κ1) is 13.5. The molecule has 0 saturated heterocycles. The summed E-state index contributed by atoms with van der Waals surface area (Å²) >= 11 is 3.08. The summed E-state index contributed by atoms with van der Waals surface area (Å²) in [5.41, 5.74) is -0.124. The van der Waals surface area contributed by atoms with Gasteiger partial charge in [0.1, 0.15) is 21.9 Å². The van der Waals surface area contributed by atoms with Crippen LogP contribution in [0.25, 0.3) is 0 Å². The van der Waals surface area contributed by atoms with E-state index in [2.05, 4.69) is 31.2 Å². The van der Waals surface area contributed by atoms with E-state index in [1.165, 1.54) is 18.5 Å². The van der Waals surface area contributed by atoms with Crippen LogP contribution < -0.4 is 5.32 Å². The molecular formula is C12H8BrF2N3O. The van der Waals surface area contributed by atoms with E-state index in [1.54, 1.807) is 0 Å². The number of aromatic nitrogens is 2. The van der Waals surface area contributed by atoms with Gasteiger partial charge in [0.15, 0.2) is 0 Å². The van der Waals surface area contributed by atoms with Crippen LogP contribution in [0.3, 0.4) is 0 Å². The van der Waals surface area contributed by atoms with E-state index in [0.717, 1.165) is 12.1 Å². The Labute approximate surface area is 116 Å². The summed E-state index contributed by atoms with van der Waals surface area (Å²) in [6, 6.07) is 3.52. The zero-order valence-corrected chi connectivity index (χ0v) is 11.1. The molecule has 7 heteroatoms. The number of hydrogen-bond acceptors (Lipinski definition) is 3. The molecule has 1 amide bonds. The molecule has 0 atom stereocenters. The Morgan fingerprint density at radius 2 is 1.89 bits per heavy atom. The van der Waals surface area contributed by atoms with Crippen molar-refractivity contribution in [1.82, 2.24) is 15.3 Å². The fraction of sp³-hybridized carbons (Fsp3) is 0.0833. The van der Waals surface area contributed by atoms with E-state index in [1.807, 2.05) is 0 Å². The lowest BCUT2D eigenvalue weighted by molar-refractivity contribution is 0.0945. The second-order valence-electron chi connectivity index (χ2n) is 3.61. The topological polar surface area (TPSA) is 54.9 Å². The van der Waals surface area contributed by atoms with Gasteiger partial charge in [0.2, 0.25) is 0 Å². The molecule has 2 rings (SSSR count). The molecule has 1 N–H and O–H groups in total. The van der Waals surface area contributed by atoms with Gasteiger partial charge in [-0.05, 0) is 28.1 Å². The molecule has 0 spiro atoms. The Morgan fingerprint density at radius 1 is 1.21 bits per heavy atom. The predicted octanol–water partition coefficient (Wildman–Crippen LogP) is 2.45. The van der Waals surface area contributed by atoms with Gasteiger partial charge >= 0.3 is 0 Å². The van der Waals surface area contributed by atoms with Crippen molar-refractivity contribution in [2.75, 3.05) is 0 Å². The van der Waals surface area contributed by atoms with Crippen LogP contribution in [0.1, 0.15) is 16.1 Å². The van der Waals surface area contributed by atoms with Crippen LogP contribution in [0.2, 0.25) is 0 Å². The third-order valence-corrected chi connectivity index (χ3v) is 2.75. The average Bonchev–Trinajstić information content (AvgIpc) is 2.38. The largest absolute Gasteiger partial charge is 0.346 e. The van der Waals surface area contributed by atoms with Crippen LogP contribution in [0.15, 0.2) is 35.2 Å². The van der Waals surface area contributed by atoms with Crippen LogP contribution in [0, 0.1) is 11.6 Å². The number of amides is 1. The highest BCUT2D eigenvalue weighted by atomic mass is 79.9. The smallest absolute Gasteiger partial charge is 0.271 e. The molecule has 0 aliphatic carbocycles. The van der Waals surface area contributed by atoms with Gasteiger partial charge in [0.25, 0.3) is 5.91 Å². The minimum Gasteiger partial charge on any atom is -0.346 e. The first-order valence-electron chi connectivity index (χ1n) is 5.26. The zero-order chi connectivity index (χ0) is 13.8. The monoisotopic (exact) mass is 327 g/mol. The number of halogens is 3. The number of rotatable bonds is 3. The molecule has 1 aromatic carbocycles. The fourth-order valence-corrected chi connectivity index (χ4v) is 1.59. The standard InChI is InChI=1S/C12H8BrF2N3O/c13-11-6-16-10(5-17-11)12(19)18-4-7-8(14)2-1-3-9(7)15/h1-3,5-6H,4H2,(H,18,19). The first-order valence-corrected chi connectivity index (χ1v) is 6.06. The highest BCUT2D eigenvalue weighted by molar-refractivity contribution is 9.10. The molecule has 4 nitrogen and oxygen atoms in total. The summed E-state index contributed by atoms with van der Waals surface area (Å²) in [6.45, 7) is -0.255. The maximum absolute atomic E-state index is 13.3. The minimum atomic E-state index is -0.706. The van der Waals surface area contributed by atoms with Crippen molar-refractivity contribution in [3.63, 3.8) is 0 Å². The van der Waals surface area contributed by atoms with Crippen molar-refractivity contribution in [3.05, 3.63) is 58.1 Å². The number of nitrogens with zero attached hydrogens (tertiary/aromatic N) is 2. The van der Waals surface area contributed by atoms with Gasteiger partial charge in [-0.3, -0.25) is 4.79 Å². The highest BCUT2D eigenvalue weighted by Crippen LogP contribution is 2.11. The SMILES string of the molecule is O=C(NCc1c(F)cccc1F)c1cnc(Br)cn1. The van der Waals surface area contributed by atoms with Crippen LogP contribution in [0.4, 0.5) is 8.78 Å². The van der Waals surface area contributed by atoms with E-state index in [-0.39, 0.29) is 17.8 Å². The average molecular weight is 328 g/mol. The minimum absolute atomic E-state index is 0.0694. The lowest BCUT2D eigenvalue weighted by Gasteiger charge is -2.06. The lowest BCUT2D eigenvalue weighted by atomic mass is 10.2. The van der Waals surface area contributed by atoms with Gasteiger partial charge in [-0.15, -0.1) is 0 Å². The summed E-state index contributed by atoms with van der Waals surface area (Å²) in [5, 5.41) is 2.38. The molecule has 19 heavy (non-hydrogen) atoms. The molecule has 0 aliphatic rings. The molecule has 2 aromatic rings. The Balaban J connectivity index is 2.06. The number of benzene rings is 1. The number of hydrogen-bond donors (Lipinski definition) is 1. The van der Waals surface area contributed by atoms with E-state index in [4.69, 9.17) is 0 Å². The molecule has 0 fully saturated rings. The summed E-state index contributed by atoms with van der Waals surface area (Å²) in [7, 11) is 0. The second kappa shape index (κ2) is 5.83. The van der Waals surface area contributed by atoms with E-state index in [0.29, 0.717) is 4.60 Å². The van der Waals surface area contributed by atoms with E-state index in [9.17, 15) is 13.6 Å². The van der Waals surface area contributed by atoms with Crippen molar-refractivity contribution in [2.24, 2.45) is 0 Å². The molecule has 0 aliphatic heterocycles. The molecule has 0 saturated carbocycles. The van der Waals surface area contributed by atoms with Gasteiger partial charge in [-0.2, -0.15) is 0 Å². The quantitative estimate of drug-likeness (QED) is 0.942. The van der Waals surface area contributed by atoms with Gasteiger partial charge in [0.05, 0.1) is 12.4 Å². The van der Waals surface area contributed by atoms with Crippen molar-refractivity contribution < 1.29 is 13.6 Å². The maximum Gasteiger partial charge on any atom is 0.271 e. The summed E-state index contributed by atoms with van der Waals surface area (Å²) in [4.78, 5) is 19.3. The van der Waals surface area contributed by atoms with Crippen molar-refractivity contribution in [3.8, 4) is 0 Å². The summed E-state index contributed by atoms with van der Waals surface area (Å²) in [6.07, 6.45) is 2.62. The summed E-state index contributed by atoms with van der Waals surface area (Å²) < 4.78 is 27.2. The number of carbonyl (C=O) groups excluding carboxylic acids is 1. The summed E-state index contributed by atoms with van der Waals surface area (Å²) in [5.74, 6) is -1.97. The van der Waals surface area contributed by atoms with Crippen LogP contribution in [0.5, 0.6) is 0 Å². The van der Waals surface area contributed by atoms with Crippen molar-refractivity contribution in [2.45, 2.75) is 6.54 Å².